The van der Waals surface area contributed by atoms with Crippen molar-refractivity contribution in [3.8, 4) is 11.5 Å². The molecule has 5 nitrogen and oxygen atoms in total. The summed E-state index contributed by atoms with van der Waals surface area (Å²) in [5.74, 6) is 1.30. The maximum absolute atomic E-state index is 12.3. The van der Waals surface area contributed by atoms with Gasteiger partial charge in [-0.1, -0.05) is 36.4 Å². The lowest BCUT2D eigenvalue weighted by molar-refractivity contribution is -0.117. The second-order valence-corrected chi connectivity index (χ2v) is 6.47. The number of carbonyl (C=O) groups excluding carboxylic acids is 1. The molecule has 1 N–H and O–H groups in total. The molecular formula is C21H20N2O3. The molecule has 4 rings (SSSR count). The van der Waals surface area contributed by atoms with Gasteiger partial charge in [-0.25, -0.2) is 0 Å². The molecule has 0 saturated heterocycles. The Bertz CT molecular complexity index is 955. The maximum Gasteiger partial charge on any atom is 0.238 e. The number of nitrogens with one attached hydrogen (secondary N) is 1. The first kappa shape index (κ1) is 16.4. The van der Waals surface area contributed by atoms with E-state index in [1.165, 1.54) is 16.3 Å². The fourth-order valence-corrected chi connectivity index (χ4v) is 3.12. The Labute approximate surface area is 152 Å². The van der Waals surface area contributed by atoms with Crippen LogP contribution in [0, 0.1) is 0 Å². The fraction of sp³-hybridized carbons (Fsp3) is 0.190. The predicted molar refractivity (Wildman–Crippen MR) is 101 cm³/mol. The smallest absolute Gasteiger partial charge is 0.238 e. The van der Waals surface area contributed by atoms with Crippen molar-refractivity contribution in [1.29, 1.82) is 0 Å². The minimum atomic E-state index is -0.0628. The highest BCUT2D eigenvalue weighted by atomic mass is 16.7. The molecule has 0 aromatic heterocycles. The van der Waals surface area contributed by atoms with Gasteiger partial charge in [0.2, 0.25) is 12.7 Å². The van der Waals surface area contributed by atoms with Crippen LogP contribution < -0.4 is 14.8 Å². The monoisotopic (exact) mass is 348 g/mol. The Morgan fingerprint density at radius 1 is 1.00 bits per heavy atom. The minimum absolute atomic E-state index is 0.0628. The van der Waals surface area contributed by atoms with Crippen LogP contribution in [0.2, 0.25) is 0 Å². The van der Waals surface area contributed by atoms with E-state index in [-0.39, 0.29) is 12.7 Å². The number of ether oxygens (including phenoxy) is 2. The zero-order valence-corrected chi connectivity index (χ0v) is 14.6. The molecule has 0 aliphatic carbocycles. The molecule has 0 spiro atoms. The van der Waals surface area contributed by atoms with Crippen molar-refractivity contribution in [3.05, 3.63) is 66.2 Å². The maximum atomic E-state index is 12.3. The van der Waals surface area contributed by atoms with E-state index in [1.54, 1.807) is 12.1 Å². The van der Waals surface area contributed by atoms with Gasteiger partial charge in [-0.15, -0.1) is 0 Å². The minimum Gasteiger partial charge on any atom is -0.454 e. The summed E-state index contributed by atoms with van der Waals surface area (Å²) in [5, 5.41) is 5.33. The summed E-state index contributed by atoms with van der Waals surface area (Å²) >= 11 is 0. The molecule has 0 bridgehead atoms. The third kappa shape index (κ3) is 3.63. The SMILES string of the molecule is CN(CC(=O)Nc1ccc2c(c1)OCO2)Cc1ccc2ccccc2c1. The average Bonchev–Trinajstić information content (AvgIpc) is 3.09. The highest BCUT2D eigenvalue weighted by molar-refractivity contribution is 5.92. The highest BCUT2D eigenvalue weighted by Gasteiger charge is 2.14. The van der Waals surface area contributed by atoms with Crippen molar-refractivity contribution >= 4 is 22.4 Å². The molecular weight excluding hydrogens is 328 g/mol. The number of carbonyl (C=O) groups is 1. The summed E-state index contributed by atoms with van der Waals surface area (Å²) in [6.45, 7) is 1.24. The summed E-state index contributed by atoms with van der Waals surface area (Å²) in [4.78, 5) is 14.3. The number of likely N-dealkylation sites (N-methyl/N-ethyl adjacent to an activating group) is 1. The number of hydrogen-bond donors (Lipinski definition) is 1. The van der Waals surface area contributed by atoms with Crippen LogP contribution in [0.5, 0.6) is 11.5 Å². The van der Waals surface area contributed by atoms with Crippen LogP contribution in [0.3, 0.4) is 0 Å². The molecule has 0 saturated carbocycles. The number of benzene rings is 3. The zero-order valence-electron chi connectivity index (χ0n) is 14.6. The summed E-state index contributed by atoms with van der Waals surface area (Å²) in [6.07, 6.45) is 0. The van der Waals surface area contributed by atoms with E-state index in [2.05, 4.69) is 35.6 Å². The van der Waals surface area contributed by atoms with Crippen LogP contribution in [0.1, 0.15) is 5.56 Å². The molecule has 1 aliphatic heterocycles. The highest BCUT2D eigenvalue weighted by Crippen LogP contribution is 2.34. The second kappa shape index (κ2) is 7.06. The quantitative estimate of drug-likeness (QED) is 0.765. The van der Waals surface area contributed by atoms with Gasteiger partial charge in [0, 0.05) is 18.3 Å². The number of fused-ring (bicyclic) bond motifs is 2. The summed E-state index contributed by atoms with van der Waals surface area (Å²) in [6, 6.07) is 20.1. The Balaban J connectivity index is 1.36. The largest absolute Gasteiger partial charge is 0.454 e. The lowest BCUT2D eigenvalue weighted by Gasteiger charge is -2.17. The van der Waals surface area contributed by atoms with Crippen LogP contribution in [0.4, 0.5) is 5.69 Å². The number of amides is 1. The van der Waals surface area contributed by atoms with E-state index in [0.717, 1.165) is 0 Å². The van der Waals surface area contributed by atoms with Crippen molar-refractivity contribution in [3.63, 3.8) is 0 Å². The molecule has 1 heterocycles. The molecule has 0 unspecified atom stereocenters. The fourth-order valence-electron chi connectivity index (χ4n) is 3.12. The average molecular weight is 348 g/mol. The molecule has 1 aliphatic rings. The lowest BCUT2D eigenvalue weighted by Crippen LogP contribution is -2.29. The first-order valence-corrected chi connectivity index (χ1v) is 8.53. The molecule has 132 valence electrons. The van der Waals surface area contributed by atoms with Crippen LogP contribution in [0.25, 0.3) is 10.8 Å². The standard InChI is InChI=1S/C21H20N2O3/c1-23(12-15-6-7-16-4-2-3-5-17(16)10-15)13-21(24)22-18-8-9-19-20(11-18)26-14-25-19/h2-11H,12-14H2,1H3,(H,22,24). The van der Waals surface area contributed by atoms with Gasteiger partial charge < -0.3 is 14.8 Å². The molecule has 3 aromatic rings. The normalized spacial score (nSPS) is 12.5. The molecule has 0 atom stereocenters. The predicted octanol–water partition coefficient (Wildman–Crippen LogP) is 3.64. The van der Waals surface area contributed by atoms with Crippen LogP contribution in [-0.2, 0) is 11.3 Å². The third-order valence-corrected chi connectivity index (χ3v) is 4.34. The molecule has 3 aromatic carbocycles. The Kier molecular flexibility index (Phi) is 4.46. The number of rotatable bonds is 5. The van der Waals surface area contributed by atoms with E-state index < -0.39 is 0 Å². The van der Waals surface area contributed by atoms with Crippen LogP contribution >= 0.6 is 0 Å². The summed E-state index contributed by atoms with van der Waals surface area (Å²) < 4.78 is 10.6. The van der Waals surface area contributed by atoms with Gasteiger partial charge in [-0.05, 0) is 41.6 Å². The van der Waals surface area contributed by atoms with Crippen molar-refractivity contribution in [2.24, 2.45) is 0 Å². The van der Waals surface area contributed by atoms with Crippen molar-refractivity contribution in [2.75, 3.05) is 25.7 Å². The first-order chi connectivity index (χ1) is 12.7. The third-order valence-electron chi connectivity index (χ3n) is 4.34. The summed E-state index contributed by atoms with van der Waals surface area (Å²) in [7, 11) is 1.94. The van der Waals surface area contributed by atoms with E-state index in [0.29, 0.717) is 30.3 Å². The number of nitrogens with zero attached hydrogens (tertiary/aromatic N) is 1. The van der Waals surface area contributed by atoms with Crippen molar-refractivity contribution in [1.82, 2.24) is 4.90 Å². The molecule has 1 amide bonds. The molecule has 26 heavy (non-hydrogen) atoms. The second-order valence-electron chi connectivity index (χ2n) is 6.47. The summed E-state index contributed by atoms with van der Waals surface area (Å²) in [5.41, 5.74) is 1.89. The first-order valence-electron chi connectivity index (χ1n) is 8.53. The van der Waals surface area contributed by atoms with Gasteiger partial charge in [0.05, 0.1) is 6.54 Å². The molecule has 0 fully saturated rings. The Hall–Kier alpha value is -3.05. The van der Waals surface area contributed by atoms with Crippen LogP contribution in [-0.4, -0.2) is 31.2 Å². The van der Waals surface area contributed by atoms with Gasteiger partial charge in [0.15, 0.2) is 11.5 Å². The number of hydrogen-bond acceptors (Lipinski definition) is 4. The zero-order chi connectivity index (χ0) is 17.9. The van der Waals surface area contributed by atoms with E-state index in [1.807, 2.05) is 30.1 Å². The Morgan fingerprint density at radius 2 is 1.81 bits per heavy atom. The molecule has 0 radical (unpaired) electrons. The van der Waals surface area contributed by atoms with Gasteiger partial charge in [-0.2, -0.15) is 0 Å². The topological polar surface area (TPSA) is 50.8 Å². The molecule has 5 heteroatoms. The van der Waals surface area contributed by atoms with Crippen LogP contribution in [0.15, 0.2) is 60.7 Å². The van der Waals surface area contributed by atoms with Gasteiger partial charge in [-0.3, -0.25) is 9.69 Å². The van der Waals surface area contributed by atoms with E-state index >= 15 is 0 Å². The van der Waals surface area contributed by atoms with E-state index in [9.17, 15) is 4.79 Å². The van der Waals surface area contributed by atoms with Gasteiger partial charge in [0.1, 0.15) is 0 Å². The van der Waals surface area contributed by atoms with Gasteiger partial charge in [0.25, 0.3) is 0 Å². The van der Waals surface area contributed by atoms with Crippen molar-refractivity contribution in [2.45, 2.75) is 6.54 Å². The number of anilines is 1. The lowest BCUT2D eigenvalue weighted by atomic mass is 10.1. The van der Waals surface area contributed by atoms with Crippen molar-refractivity contribution < 1.29 is 14.3 Å². The van der Waals surface area contributed by atoms with Gasteiger partial charge >= 0.3 is 0 Å². The van der Waals surface area contributed by atoms with E-state index in [4.69, 9.17) is 9.47 Å². The Morgan fingerprint density at radius 3 is 2.69 bits per heavy atom.